The molecule has 2 aromatic rings. The number of rotatable bonds is 5. The minimum absolute atomic E-state index is 0.0710. The number of benzene rings is 1. The van der Waals surface area contributed by atoms with Gasteiger partial charge >= 0.3 is 0 Å². The zero-order valence-corrected chi connectivity index (χ0v) is 12.7. The first-order valence-electron chi connectivity index (χ1n) is 6.19. The number of nitro groups is 1. The van der Waals surface area contributed by atoms with Gasteiger partial charge in [0.15, 0.2) is 0 Å². The molecule has 1 heterocycles. The molecule has 8 heteroatoms. The molecular formula is C14H13N3O4S. The van der Waals surface area contributed by atoms with Crippen molar-refractivity contribution in [1.82, 2.24) is 4.98 Å². The molecule has 2 rings (SSSR count). The SMILES string of the molecule is COc1ccc([N+](=O)[O-])c(C(=O)Nc2ccc(SC)nc2)c1. The molecule has 0 saturated carbocycles. The van der Waals surface area contributed by atoms with Crippen LogP contribution in [0.1, 0.15) is 10.4 Å². The third-order valence-electron chi connectivity index (χ3n) is 2.85. The summed E-state index contributed by atoms with van der Waals surface area (Å²) in [6.45, 7) is 0. The Morgan fingerprint density at radius 2 is 2.14 bits per heavy atom. The number of hydrogen-bond acceptors (Lipinski definition) is 6. The number of pyridine rings is 1. The molecule has 0 aliphatic heterocycles. The van der Waals surface area contributed by atoms with Crippen LogP contribution in [0.4, 0.5) is 11.4 Å². The van der Waals surface area contributed by atoms with E-state index in [1.165, 1.54) is 43.3 Å². The van der Waals surface area contributed by atoms with Crippen LogP contribution in [0.5, 0.6) is 5.75 Å². The summed E-state index contributed by atoms with van der Waals surface area (Å²) in [5.74, 6) is -0.226. The van der Waals surface area contributed by atoms with Crippen molar-refractivity contribution in [3.63, 3.8) is 0 Å². The van der Waals surface area contributed by atoms with Crippen molar-refractivity contribution in [2.75, 3.05) is 18.7 Å². The zero-order valence-electron chi connectivity index (χ0n) is 11.9. The Labute approximate surface area is 130 Å². The average Bonchev–Trinajstić information content (AvgIpc) is 2.54. The number of carbonyl (C=O) groups excluding carboxylic acids is 1. The fourth-order valence-corrected chi connectivity index (χ4v) is 2.12. The van der Waals surface area contributed by atoms with Gasteiger partial charge in [-0.05, 0) is 30.5 Å². The van der Waals surface area contributed by atoms with E-state index in [1.54, 1.807) is 12.1 Å². The second-order valence-corrected chi connectivity index (χ2v) is 5.01. The van der Waals surface area contributed by atoms with Gasteiger partial charge in [0.25, 0.3) is 11.6 Å². The number of methoxy groups -OCH3 is 1. The van der Waals surface area contributed by atoms with E-state index in [0.717, 1.165) is 5.03 Å². The van der Waals surface area contributed by atoms with Crippen molar-refractivity contribution in [3.05, 3.63) is 52.2 Å². The molecule has 1 aromatic carbocycles. The number of hydrogen-bond donors (Lipinski definition) is 1. The van der Waals surface area contributed by atoms with Crippen LogP contribution in [0.25, 0.3) is 0 Å². The molecule has 0 aliphatic carbocycles. The van der Waals surface area contributed by atoms with E-state index in [1.807, 2.05) is 6.26 Å². The monoisotopic (exact) mass is 319 g/mol. The summed E-state index contributed by atoms with van der Waals surface area (Å²) >= 11 is 1.47. The summed E-state index contributed by atoms with van der Waals surface area (Å²) in [5.41, 5.74) is 0.102. The lowest BCUT2D eigenvalue weighted by Crippen LogP contribution is -2.14. The predicted molar refractivity (Wildman–Crippen MR) is 83.6 cm³/mol. The Morgan fingerprint density at radius 1 is 1.36 bits per heavy atom. The highest BCUT2D eigenvalue weighted by Crippen LogP contribution is 2.25. The first-order valence-corrected chi connectivity index (χ1v) is 7.41. The number of carbonyl (C=O) groups is 1. The minimum Gasteiger partial charge on any atom is -0.497 e. The van der Waals surface area contributed by atoms with Gasteiger partial charge in [0.1, 0.15) is 11.3 Å². The van der Waals surface area contributed by atoms with E-state index in [9.17, 15) is 14.9 Å². The van der Waals surface area contributed by atoms with E-state index in [2.05, 4.69) is 10.3 Å². The Bertz CT molecular complexity index is 704. The Balaban J connectivity index is 2.29. The van der Waals surface area contributed by atoms with Crippen molar-refractivity contribution >= 4 is 29.0 Å². The summed E-state index contributed by atoms with van der Waals surface area (Å²) in [6, 6.07) is 7.44. The Hall–Kier alpha value is -2.61. The van der Waals surface area contributed by atoms with Crippen LogP contribution in [0.3, 0.4) is 0 Å². The molecule has 1 N–H and O–H groups in total. The topological polar surface area (TPSA) is 94.4 Å². The van der Waals surface area contributed by atoms with Gasteiger partial charge in [-0.1, -0.05) is 0 Å². The molecule has 7 nitrogen and oxygen atoms in total. The van der Waals surface area contributed by atoms with Crippen molar-refractivity contribution in [3.8, 4) is 5.75 Å². The van der Waals surface area contributed by atoms with Crippen molar-refractivity contribution in [2.45, 2.75) is 5.03 Å². The van der Waals surface area contributed by atoms with Crippen LogP contribution >= 0.6 is 11.8 Å². The number of aromatic nitrogens is 1. The normalized spacial score (nSPS) is 10.1. The maximum Gasteiger partial charge on any atom is 0.282 e. The number of nitrogens with zero attached hydrogens (tertiary/aromatic N) is 2. The number of ether oxygens (including phenoxy) is 1. The highest BCUT2D eigenvalue weighted by atomic mass is 32.2. The van der Waals surface area contributed by atoms with Crippen LogP contribution < -0.4 is 10.1 Å². The van der Waals surface area contributed by atoms with E-state index in [4.69, 9.17) is 4.74 Å². The van der Waals surface area contributed by atoms with Gasteiger partial charge in [0.2, 0.25) is 0 Å². The van der Waals surface area contributed by atoms with Gasteiger partial charge in [0.05, 0.1) is 28.9 Å². The molecule has 0 unspecified atom stereocenters. The minimum atomic E-state index is -0.608. The van der Waals surface area contributed by atoms with Gasteiger partial charge in [0, 0.05) is 6.07 Å². The lowest BCUT2D eigenvalue weighted by atomic mass is 10.1. The largest absolute Gasteiger partial charge is 0.497 e. The number of anilines is 1. The molecule has 1 aromatic heterocycles. The van der Waals surface area contributed by atoms with E-state index in [-0.39, 0.29) is 11.3 Å². The highest BCUT2D eigenvalue weighted by molar-refractivity contribution is 7.98. The third kappa shape index (κ3) is 3.53. The molecule has 1 amide bonds. The molecule has 0 spiro atoms. The highest BCUT2D eigenvalue weighted by Gasteiger charge is 2.21. The summed E-state index contributed by atoms with van der Waals surface area (Å²) in [4.78, 5) is 26.8. The molecular weight excluding hydrogens is 306 g/mol. The predicted octanol–water partition coefficient (Wildman–Crippen LogP) is 2.97. The van der Waals surface area contributed by atoms with Gasteiger partial charge in [-0.2, -0.15) is 0 Å². The third-order valence-corrected chi connectivity index (χ3v) is 3.51. The number of thioether (sulfide) groups is 1. The molecule has 114 valence electrons. The maximum atomic E-state index is 12.3. The molecule has 22 heavy (non-hydrogen) atoms. The van der Waals surface area contributed by atoms with Gasteiger partial charge in [-0.25, -0.2) is 4.98 Å². The number of amides is 1. The summed E-state index contributed by atoms with van der Waals surface area (Å²) in [7, 11) is 1.42. The quantitative estimate of drug-likeness (QED) is 0.517. The smallest absolute Gasteiger partial charge is 0.282 e. The van der Waals surface area contributed by atoms with Crippen LogP contribution in [-0.4, -0.2) is 29.2 Å². The second kappa shape index (κ2) is 6.90. The number of nitro benzene ring substituents is 1. The van der Waals surface area contributed by atoms with Crippen molar-refractivity contribution < 1.29 is 14.5 Å². The first kappa shape index (κ1) is 15.8. The molecule has 0 aliphatic rings. The fraction of sp³-hybridized carbons (Fsp3) is 0.143. The summed E-state index contributed by atoms with van der Waals surface area (Å²) in [6.07, 6.45) is 3.38. The van der Waals surface area contributed by atoms with E-state index < -0.39 is 10.8 Å². The van der Waals surface area contributed by atoms with E-state index >= 15 is 0 Å². The number of nitrogens with one attached hydrogen (secondary N) is 1. The van der Waals surface area contributed by atoms with Gasteiger partial charge < -0.3 is 10.1 Å². The van der Waals surface area contributed by atoms with Crippen LogP contribution in [0.15, 0.2) is 41.6 Å². The average molecular weight is 319 g/mol. The molecule has 0 atom stereocenters. The molecule has 0 saturated heterocycles. The summed E-state index contributed by atoms with van der Waals surface area (Å²) in [5, 5.41) is 14.4. The van der Waals surface area contributed by atoms with E-state index in [0.29, 0.717) is 11.4 Å². The second-order valence-electron chi connectivity index (χ2n) is 4.18. The zero-order chi connectivity index (χ0) is 16.1. The Morgan fingerprint density at radius 3 is 2.68 bits per heavy atom. The molecule has 0 radical (unpaired) electrons. The maximum absolute atomic E-state index is 12.3. The molecule has 0 bridgehead atoms. The standard InChI is InChI=1S/C14H13N3O4S/c1-21-10-4-5-12(17(19)20)11(7-10)14(18)16-9-3-6-13(22-2)15-8-9/h3-8H,1-2H3,(H,16,18). The van der Waals surface area contributed by atoms with Crippen molar-refractivity contribution in [1.29, 1.82) is 0 Å². The lowest BCUT2D eigenvalue weighted by molar-refractivity contribution is -0.385. The lowest BCUT2D eigenvalue weighted by Gasteiger charge is -2.07. The fourth-order valence-electron chi connectivity index (χ4n) is 1.76. The summed E-state index contributed by atoms with van der Waals surface area (Å²) < 4.78 is 5.00. The van der Waals surface area contributed by atoms with Gasteiger partial charge in [-0.15, -0.1) is 11.8 Å². The van der Waals surface area contributed by atoms with Crippen LogP contribution in [-0.2, 0) is 0 Å². The first-order chi connectivity index (χ1) is 10.5. The van der Waals surface area contributed by atoms with Crippen LogP contribution in [0.2, 0.25) is 0 Å². The van der Waals surface area contributed by atoms with Crippen LogP contribution in [0, 0.1) is 10.1 Å². The Kier molecular flexibility index (Phi) is 4.95. The van der Waals surface area contributed by atoms with Crippen molar-refractivity contribution in [2.24, 2.45) is 0 Å². The van der Waals surface area contributed by atoms with Gasteiger partial charge in [-0.3, -0.25) is 14.9 Å². The molecule has 0 fully saturated rings.